The Balaban J connectivity index is 1.89. The van der Waals surface area contributed by atoms with Crippen molar-refractivity contribution in [2.24, 2.45) is 10.9 Å². The number of nitrogens with zero attached hydrogens (tertiary/aromatic N) is 2. The Hall–Kier alpha value is -2.02. The molecule has 1 aromatic rings. The molecule has 0 radical (unpaired) electrons. The molecule has 0 saturated heterocycles. The minimum atomic E-state index is 0.631. The van der Waals surface area contributed by atoms with Gasteiger partial charge in [-0.15, -0.1) is 0 Å². The Labute approximate surface area is 114 Å². The van der Waals surface area contributed by atoms with Crippen LogP contribution in [-0.2, 0) is 6.54 Å². The molecule has 0 unspecified atom stereocenters. The SMILES string of the molecule is CCNC(=NCc1ccc(C#N)cc1)NCC1CC1. The fraction of sp³-hybridized carbons (Fsp3) is 0.467. The molecule has 1 aromatic carbocycles. The number of nitriles is 1. The third-order valence-corrected chi connectivity index (χ3v) is 3.10. The van der Waals surface area contributed by atoms with Crippen molar-refractivity contribution in [3.63, 3.8) is 0 Å². The minimum Gasteiger partial charge on any atom is -0.357 e. The highest BCUT2D eigenvalue weighted by Crippen LogP contribution is 2.27. The molecule has 0 amide bonds. The lowest BCUT2D eigenvalue weighted by Gasteiger charge is -2.10. The van der Waals surface area contributed by atoms with Gasteiger partial charge in [-0.3, -0.25) is 0 Å². The fourth-order valence-electron chi connectivity index (χ4n) is 1.76. The van der Waals surface area contributed by atoms with E-state index in [4.69, 9.17) is 5.26 Å². The summed E-state index contributed by atoms with van der Waals surface area (Å²) in [6.45, 7) is 4.57. The van der Waals surface area contributed by atoms with Crippen molar-refractivity contribution in [1.29, 1.82) is 5.26 Å². The zero-order valence-electron chi connectivity index (χ0n) is 11.3. The third kappa shape index (κ3) is 4.63. The molecule has 1 saturated carbocycles. The second-order valence-electron chi connectivity index (χ2n) is 4.83. The fourth-order valence-corrected chi connectivity index (χ4v) is 1.76. The predicted octanol–water partition coefficient (Wildman–Crippen LogP) is 2.02. The minimum absolute atomic E-state index is 0.631. The quantitative estimate of drug-likeness (QED) is 0.626. The summed E-state index contributed by atoms with van der Waals surface area (Å²) in [5, 5.41) is 15.4. The molecular weight excluding hydrogens is 236 g/mol. The molecular formula is C15H20N4. The lowest BCUT2D eigenvalue weighted by Crippen LogP contribution is -2.38. The van der Waals surface area contributed by atoms with Crippen LogP contribution in [0.2, 0.25) is 0 Å². The average Bonchev–Trinajstić information content (AvgIpc) is 3.26. The van der Waals surface area contributed by atoms with Crippen LogP contribution in [0.5, 0.6) is 0 Å². The van der Waals surface area contributed by atoms with Crippen LogP contribution in [0.1, 0.15) is 30.9 Å². The van der Waals surface area contributed by atoms with E-state index < -0.39 is 0 Å². The summed E-state index contributed by atoms with van der Waals surface area (Å²) >= 11 is 0. The van der Waals surface area contributed by atoms with Crippen molar-refractivity contribution >= 4 is 5.96 Å². The van der Waals surface area contributed by atoms with Crippen LogP contribution in [0, 0.1) is 17.2 Å². The van der Waals surface area contributed by atoms with Crippen molar-refractivity contribution in [2.45, 2.75) is 26.3 Å². The van der Waals surface area contributed by atoms with Gasteiger partial charge in [0.05, 0.1) is 18.2 Å². The van der Waals surface area contributed by atoms with Gasteiger partial charge in [-0.25, -0.2) is 4.99 Å². The van der Waals surface area contributed by atoms with E-state index >= 15 is 0 Å². The first-order valence-electron chi connectivity index (χ1n) is 6.83. The van der Waals surface area contributed by atoms with E-state index in [-0.39, 0.29) is 0 Å². The molecule has 19 heavy (non-hydrogen) atoms. The van der Waals surface area contributed by atoms with Gasteiger partial charge in [0.2, 0.25) is 0 Å². The van der Waals surface area contributed by atoms with Crippen molar-refractivity contribution in [2.75, 3.05) is 13.1 Å². The highest BCUT2D eigenvalue weighted by atomic mass is 15.2. The monoisotopic (exact) mass is 256 g/mol. The number of benzene rings is 1. The highest BCUT2D eigenvalue weighted by molar-refractivity contribution is 5.79. The molecule has 1 aliphatic rings. The van der Waals surface area contributed by atoms with E-state index in [1.165, 1.54) is 12.8 Å². The van der Waals surface area contributed by atoms with Gasteiger partial charge in [-0.1, -0.05) is 12.1 Å². The first-order chi connectivity index (χ1) is 9.31. The number of guanidine groups is 1. The predicted molar refractivity (Wildman–Crippen MR) is 76.7 cm³/mol. The standard InChI is InChI=1S/C15H20N4/c1-2-17-15(19-11-14-7-8-14)18-10-13-5-3-12(9-16)4-6-13/h3-6,14H,2,7-8,10-11H2,1H3,(H2,17,18,19). The van der Waals surface area contributed by atoms with Crippen molar-refractivity contribution in [3.05, 3.63) is 35.4 Å². The van der Waals surface area contributed by atoms with Gasteiger partial charge in [-0.05, 0) is 43.4 Å². The molecule has 0 spiro atoms. The lowest BCUT2D eigenvalue weighted by atomic mass is 10.1. The summed E-state index contributed by atoms with van der Waals surface area (Å²) in [6, 6.07) is 9.68. The molecule has 0 bridgehead atoms. The van der Waals surface area contributed by atoms with E-state index in [9.17, 15) is 0 Å². The first kappa shape index (κ1) is 13.4. The Morgan fingerprint density at radius 1 is 1.32 bits per heavy atom. The van der Waals surface area contributed by atoms with E-state index in [0.29, 0.717) is 12.1 Å². The van der Waals surface area contributed by atoms with Gasteiger partial charge in [-0.2, -0.15) is 5.26 Å². The maximum Gasteiger partial charge on any atom is 0.191 e. The van der Waals surface area contributed by atoms with Gasteiger partial charge in [0.15, 0.2) is 5.96 Å². The summed E-state index contributed by atoms with van der Waals surface area (Å²) < 4.78 is 0. The maximum absolute atomic E-state index is 8.75. The Morgan fingerprint density at radius 2 is 2.05 bits per heavy atom. The topological polar surface area (TPSA) is 60.2 Å². The second-order valence-corrected chi connectivity index (χ2v) is 4.83. The largest absolute Gasteiger partial charge is 0.357 e. The summed E-state index contributed by atoms with van der Waals surface area (Å²) in [5.74, 6) is 1.71. The van der Waals surface area contributed by atoms with E-state index in [1.807, 2.05) is 24.3 Å². The van der Waals surface area contributed by atoms with Gasteiger partial charge in [0, 0.05) is 13.1 Å². The van der Waals surface area contributed by atoms with Gasteiger partial charge in [0.1, 0.15) is 0 Å². The molecule has 4 nitrogen and oxygen atoms in total. The summed E-state index contributed by atoms with van der Waals surface area (Å²) in [5.41, 5.74) is 1.80. The van der Waals surface area contributed by atoms with Crippen LogP contribution < -0.4 is 10.6 Å². The van der Waals surface area contributed by atoms with Crippen molar-refractivity contribution < 1.29 is 0 Å². The van der Waals surface area contributed by atoms with Crippen LogP contribution in [0.4, 0.5) is 0 Å². The highest BCUT2D eigenvalue weighted by Gasteiger charge is 2.20. The number of rotatable bonds is 5. The van der Waals surface area contributed by atoms with Crippen LogP contribution in [-0.4, -0.2) is 19.0 Å². The molecule has 0 aliphatic heterocycles. The number of hydrogen-bond donors (Lipinski definition) is 2. The molecule has 1 fully saturated rings. The Kier molecular flexibility index (Phi) is 4.79. The van der Waals surface area contributed by atoms with Crippen LogP contribution in [0.3, 0.4) is 0 Å². The smallest absolute Gasteiger partial charge is 0.191 e. The van der Waals surface area contributed by atoms with Crippen LogP contribution >= 0.6 is 0 Å². The normalized spacial score (nSPS) is 14.8. The van der Waals surface area contributed by atoms with E-state index in [0.717, 1.165) is 30.5 Å². The Bertz CT molecular complexity index is 466. The zero-order chi connectivity index (χ0) is 13.5. The lowest BCUT2D eigenvalue weighted by molar-refractivity contribution is 0.739. The molecule has 100 valence electrons. The molecule has 1 aliphatic carbocycles. The molecule has 0 aromatic heterocycles. The summed E-state index contributed by atoms with van der Waals surface area (Å²) in [7, 11) is 0. The summed E-state index contributed by atoms with van der Waals surface area (Å²) in [6.07, 6.45) is 2.67. The van der Waals surface area contributed by atoms with Crippen LogP contribution in [0.15, 0.2) is 29.3 Å². The zero-order valence-corrected chi connectivity index (χ0v) is 11.3. The van der Waals surface area contributed by atoms with E-state index in [1.54, 1.807) is 0 Å². The van der Waals surface area contributed by atoms with Gasteiger partial charge >= 0.3 is 0 Å². The maximum atomic E-state index is 8.75. The average molecular weight is 256 g/mol. The van der Waals surface area contributed by atoms with Crippen molar-refractivity contribution in [3.8, 4) is 6.07 Å². The molecule has 0 atom stereocenters. The van der Waals surface area contributed by atoms with Gasteiger partial charge < -0.3 is 10.6 Å². The molecule has 2 N–H and O–H groups in total. The second kappa shape index (κ2) is 6.79. The van der Waals surface area contributed by atoms with Gasteiger partial charge in [0.25, 0.3) is 0 Å². The number of aliphatic imine (C=N–C) groups is 1. The Morgan fingerprint density at radius 3 is 2.63 bits per heavy atom. The molecule has 2 rings (SSSR count). The van der Waals surface area contributed by atoms with Crippen LogP contribution in [0.25, 0.3) is 0 Å². The first-order valence-corrected chi connectivity index (χ1v) is 6.83. The third-order valence-electron chi connectivity index (χ3n) is 3.10. The number of hydrogen-bond acceptors (Lipinski definition) is 2. The molecule has 4 heteroatoms. The number of nitrogens with one attached hydrogen (secondary N) is 2. The van der Waals surface area contributed by atoms with Crippen molar-refractivity contribution in [1.82, 2.24) is 10.6 Å². The summed E-state index contributed by atoms with van der Waals surface area (Å²) in [4.78, 5) is 4.55. The van der Waals surface area contributed by atoms with E-state index in [2.05, 4.69) is 28.6 Å². The molecule has 0 heterocycles.